The van der Waals surface area contributed by atoms with Crippen LogP contribution in [-0.4, -0.2) is 5.78 Å². The summed E-state index contributed by atoms with van der Waals surface area (Å²) in [6, 6.07) is 32.3. The van der Waals surface area contributed by atoms with E-state index in [0.29, 0.717) is 0 Å². The molecular weight excluding hydrogens is 340 g/mol. The zero-order valence-electron chi connectivity index (χ0n) is 15.4. The molecule has 1 aliphatic rings. The lowest BCUT2D eigenvalue weighted by Gasteiger charge is -2.25. The maximum atomic E-state index is 13.6. The van der Waals surface area contributed by atoms with Gasteiger partial charge in [-0.15, -0.1) is 0 Å². The predicted molar refractivity (Wildman–Crippen MR) is 115 cm³/mol. The molecule has 4 aromatic rings. The highest BCUT2D eigenvalue weighted by Gasteiger charge is 2.30. The number of fused-ring (bicyclic) bond motifs is 2. The Labute approximate surface area is 164 Å². The maximum Gasteiger partial charge on any atom is 0.194 e. The van der Waals surface area contributed by atoms with Crippen LogP contribution in [0.15, 0.2) is 104 Å². The third kappa shape index (κ3) is 2.44. The van der Waals surface area contributed by atoms with Crippen molar-refractivity contribution in [2.75, 3.05) is 0 Å². The van der Waals surface area contributed by atoms with Crippen molar-refractivity contribution in [2.24, 2.45) is 0 Å². The fourth-order valence-corrected chi connectivity index (χ4v) is 4.08. The molecule has 0 aromatic heterocycles. The van der Waals surface area contributed by atoms with Crippen molar-refractivity contribution in [1.29, 1.82) is 0 Å². The summed E-state index contributed by atoms with van der Waals surface area (Å²) in [5.41, 5.74) is 8.39. The smallest absolute Gasteiger partial charge is 0.194 e. The molecule has 1 aliphatic carbocycles. The first-order valence-electron chi connectivity index (χ1n) is 9.37. The lowest BCUT2D eigenvalue weighted by molar-refractivity contribution is 0.103. The van der Waals surface area contributed by atoms with Gasteiger partial charge in [0.1, 0.15) is 0 Å². The van der Waals surface area contributed by atoms with Gasteiger partial charge in [0.15, 0.2) is 5.78 Å². The maximum absolute atomic E-state index is 13.6. The summed E-state index contributed by atoms with van der Waals surface area (Å²) in [6.45, 7) is 4.32. The van der Waals surface area contributed by atoms with E-state index >= 15 is 0 Å². The minimum absolute atomic E-state index is 0.0645. The zero-order valence-corrected chi connectivity index (χ0v) is 15.4. The van der Waals surface area contributed by atoms with Crippen LogP contribution in [0.25, 0.3) is 27.8 Å². The van der Waals surface area contributed by atoms with Crippen LogP contribution in [0.1, 0.15) is 27.0 Å². The van der Waals surface area contributed by atoms with Crippen LogP contribution in [0.3, 0.4) is 0 Å². The highest BCUT2D eigenvalue weighted by Crippen LogP contribution is 2.43. The van der Waals surface area contributed by atoms with E-state index in [1.807, 2.05) is 66.7 Å². The van der Waals surface area contributed by atoms with E-state index < -0.39 is 0 Å². The van der Waals surface area contributed by atoms with Crippen molar-refractivity contribution in [3.8, 4) is 22.3 Å². The number of hydrogen-bond donors (Lipinski definition) is 0. The third-order valence-electron chi connectivity index (χ3n) is 5.40. The number of carbonyl (C=O) groups is 1. The SMILES string of the molecule is C=C1c2ccccc2C(=O)c2c1ccc(-c1ccccc1)c2-c1ccccc1. The quantitative estimate of drug-likeness (QED) is 0.346. The topological polar surface area (TPSA) is 17.1 Å². The van der Waals surface area contributed by atoms with Gasteiger partial charge in [0, 0.05) is 16.7 Å². The lowest BCUT2D eigenvalue weighted by atomic mass is 9.76. The average Bonchev–Trinajstić information content (AvgIpc) is 2.78. The molecule has 5 rings (SSSR count). The van der Waals surface area contributed by atoms with E-state index in [1.54, 1.807) is 0 Å². The summed E-state index contributed by atoms with van der Waals surface area (Å²) in [5.74, 6) is 0.0645. The minimum atomic E-state index is 0.0645. The molecule has 0 bridgehead atoms. The van der Waals surface area contributed by atoms with E-state index in [2.05, 4.69) is 36.9 Å². The van der Waals surface area contributed by atoms with Gasteiger partial charge in [-0.05, 0) is 33.4 Å². The van der Waals surface area contributed by atoms with Gasteiger partial charge in [0.05, 0.1) is 0 Å². The minimum Gasteiger partial charge on any atom is -0.289 e. The van der Waals surface area contributed by atoms with E-state index in [9.17, 15) is 4.79 Å². The van der Waals surface area contributed by atoms with E-state index in [-0.39, 0.29) is 5.78 Å². The lowest BCUT2D eigenvalue weighted by Crippen LogP contribution is -2.16. The van der Waals surface area contributed by atoms with Gasteiger partial charge < -0.3 is 0 Å². The molecule has 132 valence electrons. The molecular formula is C27H18O. The standard InChI is InChI=1S/C27H18O/c1-18-21-14-8-9-15-24(21)27(28)26-22(18)16-17-23(19-10-4-2-5-11-19)25(26)20-12-6-3-7-13-20/h2-17H,1H2. The van der Waals surface area contributed by atoms with Crippen molar-refractivity contribution >= 4 is 11.4 Å². The van der Waals surface area contributed by atoms with Crippen LogP contribution in [0, 0.1) is 0 Å². The monoisotopic (exact) mass is 358 g/mol. The van der Waals surface area contributed by atoms with E-state index in [1.165, 1.54) is 0 Å². The first kappa shape index (κ1) is 16.5. The molecule has 0 spiro atoms. The molecule has 28 heavy (non-hydrogen) atoms. The van der Waals surface area contributed by atoms with Crippen LogP contribution in [0.2, 0.25) is 0 Å². The summed E-state index contributed by atoms with van der Waals surface area (Å²) in [4.78, 5) is 13.6. The molecule has 0 aliphatic heterocycles. The first-order chi connectivity index (χ1) is 13.8. The molecule has 0 saturated heterocycles. The number of hydrogen-bond acceptors (Lipinski definition) is 1. The fourth-order valence-electron chi connectivity index (χ4n) is 4.08. The molecule has 0 heterocycles. The largest absolute Gasteiger partial charge is 0.289 e. The summed E-state index contributed by atoms with van der Waals surface area (Å²) in [5, 5.41) is 0. The Balaban J connectivity index is 1.87. The van der Waals surface area contributed by atoms with Crippen LogP contribution in [0.5, 0.6) is 0 Å². The second-order valence-corrected chi connectivity index (χ2v) is 7.00. The summed E-state index contributed by atoms with van der Waals surface area (Å²) in [6.07, 6.45) is 0. The Morgan fingerprint density at radius 3 is 1.68 bits per heavy atom. The molecule has 0 N–H and O–H groups in total. The highest BCUT2D eigenvalue weighted by molar-refractivity contribution is 6.22. The Kier molecular flexibility index (Phi) is 3.80. The van der Waals surface area contributed by atoms with Crippen molar-refractivity contribution in [3.63, 3.8) is 0 Å². The highest BCUT2D eigenvalue weighted by atomic mass is 16.1. The van der Waals surface area contributed by atoms with Gasteiger partial charge in [0.25, 0.3) is 0 Å². The second kappa shape index (κ2) is 6.47. The Bertz CT molecular complexity index is 1220. The molecule has 0 atom stereocenters. The summed E-state index contributed by atoms with van der Waals surface area (Å²) in [7, 11) is 0. The molecule has 4 aromatic carbocycles. The van der Waals surface area contributed by atoms with Gasteiger partial charge in [-0.25, -0.2) is 0 Å². The number of rotatable bonds is 2. The van der Waals surface area contributed by atoms with Gasteiger partial charge >= 0.3 is 0 Å². The van der Waals surface area contributed by atoms with E-state index in [4.69, 9.17) is 0 Å². The van der Waals surface area contributed by atoms with Crippen LogP contribution < -0.4 is 0 Å². The molecule has 0 amide bonds. The molecule has 1 nitrogen and oxygen atoms in total. The van der Waals surface area contributed by atoms with Crippen molar-refractivity contribution < 1.29 is 4.79 Å². The third-order valence-corrected chi connectivity index (χ3v) is 5.40. The molecule has 0 radical (unpaired) electrons. The van der Waals surface area contributed by atoms with Crippen molar-refractivity contribution in [3.05, 3.63) is 126 Å². The predicted octanol–water partition coefficient (Wildman–Crippen LogP) is 6.63. The van der Waals surface area contributed by atoms with Gasteiger partial charge in [-0.3, -0.25) is 4.79 Å². The number of carbonyl (C=O) groups excluding carboxylic acids is 1. The average molecular weight is 358 g/mol. The Morgan fingerprint density at radius 2 is 1.00 bits per heavy atom. The van der Waals surface area contributed by atoms with Crippen LogP contribution in [0.4, 0.5) is 0 Å². The normalized spacial score (nSPS) is 12.4. The zero-order chi connectivity index (χ0) is 19.1. The van der Waals surface area contributed by atoms with Crippen molar-refractivity contribution in [2.45, 2.75) is 0 Å². The number of benzene rings is 4. The van der Waals surface area contributed by atoms with Crippen LogP contribution in [-0.2, 0) is 0 Å². The fraction of sp³-hybridized carbons (Fsp3) is 0. The molecule has 0 fully saturated rings. The van der Waals surface area contributed by atoms with Crippen LogP contribution >= 0.6 is 0 Å². The van der Waals surface area contributed by atoms with E-state index in [0.717, 1.165) is 50.1 Å². The Hall–Kier alpha value is -3.71. The second-order valence-electron chi connectivity index (χ2n) is 7.00. The molecule has 0 saturated carbocycles. The molecule has 0 unspecified atom stereocenters. The summed E-state index contributed by atoms with van der Waals surface area (Å²) >= 11 is 0. The Morgan fingerprint density at radius 1 is 0.464 bits per heavy atom. The number of ketones is 1. The van der Waals surface area contributed by atoms with Gasteiger partial charge in [-0.1, -0.05) is 104 Å². The first-order valence-corrected chi connectivity index (χ1v) is 9.37. The van der Waals surface area contributed by atoms with Gasteiger partial charge in [0.2, 0.25) is 0 Å². The van der Waals surface area contributed by atoms with Gasteiger partial charge in [-0.2, -0.15) is 0 Å². The van der Waals surface area contributed by atoms with Crippen molar-refractivity contribution in [1.82, 2.24) is 0 Å². The molecule has 1 heteroatoms. The summed E-state index contributed by atoms with van der Waals surface area (Å²) < 4.78 is 0.